The molecule has 0 spiro atoms. The summed E-state index contributed by atoms with van der Waals surface area (Å²) in [7, 11) is 1.59. The average Bonchev–Trinajstić information content (AvgIpc) is 3.01. The predicted octanol–water partition coefficient (Wildman–Crippen LogP) is 4.55. The summed E-state index contributed by atoms with van der Waals surface area (Å²) in [5.41, 5.74) is 9.44. The van der Waals surface area contributed by atoms with E-state index in [-0.39, 0.29) is 11.5 Å². The number of nitrogens with two attached hydrogens (primary N) is 1. The summed E-state index contributed by atoms with van der Waals surface area (Å²) in [6, 6.07) is 11.8. The van der Waals surface area contributed by atoms with Crippen LogP contribution in [0.2, 0.25) is 5.15 Å². The molecule has 0 radical (unpaired) electrons. The van der Waals surface area contributed by atoms with Crippen LogP contribution in [-0.4, -0.2) is 26.6 Å². The molecule has 146 valence electrons. The number of benzene rings is 2. The highest BCUT2D eigenvalue weighted by atomic mass is 35.5. The topological polar surface area (TPSA) is 109 Å². The minimum absolute atomic E-state index is 0.0546. The summed E-state index contributed by atoms with van der Waals surface area (Å²) in [6.45, 7) is 1.94. The molecule has 0 saturated heterocycles. The summed E-state index contributed by atoms with van der Waals surface area (Å²) < 4.78 is 7.06. The van der Waals surface area contributed by atoms with Crippen molar-refractivity contribution in [1.82, 2.24) is 14.5 Å². The zero-order chi connectivity index (χ0) is 20.7. The first-order chi connectivity index (χ1) is 13.9. The Morgan fingerprint density at radius 2 is 2.00 bits per heavy atom. The Morgan fingerprint density at radius 3 is 2.72 bits per heavy atom. The molecule has 0 aliphatic rings. The van der Waals surface area contributed by atoms with E-state index in [4.69, 9.17) is 22.1 Å². The Morgan fingerprint density at radius 1 is 1.21 bits per heavy atom. The van der Waals surface area contributed by atoms with E-state index in [2.05, 4.69) is 9.97 Å². The van der Waals surface area contributed by atoms with E-state index in [0.29, 0.717) is 33.2 Å². The van der Waals surface area contributed by atoms with Gasteiger partial charge in [0.1, 0.15) is 23.0 Å². The molecule has 4 aromatic rings. The number of nitro groups is 1. The van der Waals surface area contributed by atoms with Crippen molar-refractivity contribution >= 4 is 34.1 Å². The van der Waals surface area contributed by atoms with Crippen LogP contribution in [0.5, 0.6) is 5.75 Å². The van der Waals surface area contributed by atoms with Gasteiger partial charge in [-0.3, -0.25) is 14.7 Å². The number of non-ortho nitro benzene ring substituents is 1. The van der Waals surface area contributed by atoms with Crippen LogP contribution in [0.4, 0.5) is 11.5 Å². The second-order valence-corrected chi connectivity index (χ2v) is 6.78. The van der Waals surface area contributed by atoms with Crippen LogP contribution < -0.4 is 10.5 Å². The average molecular weight is 410 g/mol. The van der Waals surface area contributed by atoms with Crippen molar-refractivity contribution in [2.75, 3.05) is 12.8 Å². The number of ether oxygens (including phenoxy) is 1. The van der Waals surface area contributed by atoms with Gasteiger partial charge in [-0.05, 0) is 30.2 Å². The van der Waals surface area contributed by atoms with E-state index in [1.54, 1.807) is 23.8 Å². The monoisotopic (exact) mass is 409 g/mol. The molecule has 2 aromatic heterocycles. The highest BCUT2D eigenvalue weighted by Gasteiger charge is 2.23. The lowest BCUT2D eigenvalue weighted by Crippen LogP contribution is -1.98. The Hall–Kier alpha value is -3.65. The number of halogens is 1. The van der Waals surface area contributed by atoms with E-state index in [1.165, 1.54) is 18.5 Å². The number of hydrogen-bond acceptors (Lipinski definition) is 6. The van der Waals surface area contributed by atoms with Gasteiger partial charge in [-0.25, -0.2) is 9.97 Å². The quantitative estimate of drug-likeness (QED) is 0.391. The number of nitrogens with zero attached hydrogens (tertiary/aromatic N) is 4. The third-order valence-electron chi connectivity index (χ3n) is 4.72. The molecule has 0 fully saturated rings. The number of fused-ring (bicyclic) bond motifs is 1. The van der Waals surface area contributed by atoms with Gasteiger partial charge in [0.2, 0.25) is 0 Å². The molecule has 0 bridgehead atoms. The Kier molecular flexibility index (Phi) is 4.56. The molecule has 0 unspecified atom stereocenters. The number of aromatic nitrogens is 3. The molecule has 2 aromatic carbocycles. The second kappa shape index (κ2) is 7.06. The van der Waals surface area contributed by atoms with E-state index in [1.807, 2.05) is 25.1 Å². The molecule has 0 atom stereocenters. The van der Waals surface area contributed by atoms with Crippen LogP contribution in [-0.2, 0) is 0 Å². The Balaban J connectivity index is 2.07. The maximum Gasteiger partial charge on any atom is 0.271 e. The number of aryl methyl sites for hydroxylation is 1. The van der Waals surface area contributed by atoms with Gasteiger partial charge in [-0.1, -0.05) is 29.8 Å². The zero-order valence-electron chi connectivity index (χ0n) is 15.6. The summed E-state index contributed by atoms with van der Waals surface area (Å²) in [6.07, 6.45) is 1.33. The van der Waals surface area contributed by atoms with Crippen molar-refractivity contribution in [3.05, 3.63) is 69.6 Å². The number of nitro benzene ring substituents is 1. The standard InChI is InChI=1S/C20H16ClN5O3/c1-11-6-7-12(8-15(11)29-2)16-17-19(22)23-10-24-20(17)25(18(16)21)13-4-3-5-14(9-13)26(27)28/h3-10H,1-2H3,(H2,22,23,24). The molecule has 8 nitrogen and oxygen atoms in total. The molecule has 4 rings (SSSR count). The van der Waals surface area contributed by atoms with Crippen LogP contribution >= 0.6 is 11.6 Å². The molecule has 9 heteroatoms. The third kappa shape index (κ3) is 3.03. The van der Waals surface area contributed by atoms with Crippen molar-refractivity contribution in [3.63, 3.8) is 0 Å². The maximum atomic E-state index is 11.2. The molecule has 0 amide bonds. The first-order valence-electron chi connectivity index (χ1n) is 8.62. The molecule has 0 aliphatic carbocycles. The van der Waals surface area contributed by atoms with Gasteiger partial charge in [0.25, 0.3) is 5.69 Å². The number of hydrogen-bond donors (Lipinski definition) is 1. The lowest BCUT2D eigenvalue weighted by Gasteiger charge is -2.09. The van der Waals surface area contributed by atoms with Gasteiger partial charge >= 0.3 is 0 Å². The van der Waals surface area contributed by atoms with Gasteiger partial charge in [0.15, 0.2) is 5.65 Å². The fourth-order valence-corrected chi connectivity index (χ4v) is 3.71. The SMILES string of the molecule is COc1cc(-c2c(Cl)n(-c3cccc([N+](=O)[O-])c3)c3ncnc(N)c23)ccc1C. The smallest absolute Gasteiger partial charge is 0.271 e. The molecule has 0 aliphatic heterocycles. The number of rotatable bonds is 4. The van der Waals surface area contributed by atoms with Crippen LogP contribution in [0.15, 0.2) is 48.8 Å². The summed E-state index contributed by atoms with van der Waals surface area (Å²) in [4.78, 5) is 19.2. The minimum Gasteiger partial charge on any atom is -0.496 e. The Labute approximate surface area is 170 Å². The number of nitrogen functional groups attached to an aromatic ring is 1. The van der Waals surface area contributed by atoms with Gasteiger partial charge in [0, 0.05) is 17.7 Å². The number of methoxy groups -OCH3 is 1. The van der Waals surface area contributed by atoms with Gasteiger partial charge in [0.05, 0.1) is 23.1 Å². The zero-order valence-corrected chi connectivity index (χ0v) is 16.3. The van der Waals surface area contributed by atoms with Crippen molar-refractivity contribution < 1.29 is 9.66 Å². The molecular formula is C20H16ClN5O3. The lowest BCUT2D eigenvalue weighted by molar-refractivity contribution is -0.384. The molecule has 2 heterocycles. The summed E-state index contributed by atoms with van der Waals surface area (Å²) in [5, 5.41) is 12.1. The number of anilines is 1. The fraction of sp³-hybridized carbons (Fsp3) is 0.100. The molecule has 29 heavy (non-hydrogen) atoms. The Bertz CT molecular complexity index is 1270. The highest BCUT2D eigenvalue weighted by molar-refractivity contribution is 6.35. The van der Waals surface area contributed by atoms with Gasteiger partial charge in [-0.2, -0.15) is 0 Å². The third-order valence-corrected chi connectivity index (χ3v) is 5.07. The molecular weight excluding hydrogens is 394 g/mol. The van der Waals surface area contributed by atoms with Crippen LogP contribution in [0.3, 0.4) is 0 Å². The van der Waals surface area contributed by atoms with E-state index in [0.717, 1.165) is 11.1 Å². The van der Waals surface area contributed by atoms with Gasteiger partial charge < -0.3 is 10.5 Å². The minimum atomic E-state index is -0.460. The molecule has 2 N–H and O–H groups in total. The van der Waals surface area contributed by atoms with Crippen LogP contribution in [0.25, 0.3) is 27.8 Å². The van der Waals surface area contributed by atoms with Crippen LogP contribution in [0, 0.1) is 17.0 Å². The lowest BCUT2D eigenvalue weighted by atomic mass is 10.0. The highest BCUT2D eigenvalue weighted by Crippen LogP contribution is 2.42. The van der Waals surface area contributed by atoms with E-state index < -0.39 is 4.92 Å². The maximum absolute atomic E-state index is 11.2. The molecule has 0 saturated carbocycles. The fourth-order valence-electron chi connectivity index (χ4n) is 3.33. The van der Waals surface area contributed by atoms with E-state index >= 15 is 0 Å². The van der Waals surface area contributed by atoms with Crippen molar-refractivity contribution in [2.45, 2.75) is 6.92 Å². The second-order valence-electron chi connectivity index (χ2n) is 6.42. The van der Waals surface area contributed by atoms with Crippen molar-refractivity contribution in [3.8, 4) is 22.6 Å². The largest absolute Gasteiger partial charge is 0.496 e. The first kappa shape index (κ1) is 18.7. The summed E-state index contributed by atoms with van der Waals surface area (Å²) in [5.74, 6) is 0.959. The van der Waals surface area contributed by atoms with Crippen LogP contribution in [0.1, 0.15) is 5.56 Å². The van der Waals surface area contributed by atoms with Crippen molar-refractivity contribution in [1.29, 1.82) is 0 Å². The van der Waals surface area contributed by atoms with Crippen molar-refractivity contribution in [2.24, 2.45) is 0 Å². The van der Waals surface area contributed by atoms with E-state index in [9.17, 15) is 10.1 Å². The van der Waals surface area contributed by atoms with Gasteiger partial charge in [-0.15, -0.1) is 0 Å². The normalized spacial score (nSPS) is 11.0. The summed E-state index contributed by atoms with van der Waals surface area (Å²) >= 11 is 6.79. The predicted molar refractivity (Wildman–Crippen MR) is 112 cm³/mol. The first-order valence-corrected chi connectivity index (χ1v) is 9.00.